The van der Waals surface area contributed by atoms with E-state index in [1.807, 2.05) is 0 Å². The predicted octanol–water partition coefficient (Wildman–Crippen LogP) is 2.45. The lowest BCUT2D eigenvalue weighted by atomic mass is 10.1. The Kier molecular flexibility index (Phi) is 3.53. The number of hydrogen-bond acceptors (Lipinski definition) is 1. The molecule has 2 heteroatoms. The lowest BCUT2D eigenvalue weighted by Crippen LogP contribution is -2.43. The topological polar surface area (TPSA) is 3.24 Å². The average Bonchev–Trinajstić information content (AvgIpc) is 2.06. The first-order valence-electron chi connectivity index (χ1n) is 5.00. The quantitative estimate of drug-likeness (QED) is 0.608. The van der Waals surface area contributed by atoms with Gasteiger partial charge in [-0.15, -0.1) is 12.3 Å². The second-order valence-corrected chi connectivity index (χ2v) is 9.23. The monoisotopic (exact) mass is 183 g/mol. The maximum atomic E-state index is 3.93. The molecule has 0 saturated carbocycles. The highest BCUT2D eigenvalue weighted by molar-refractivity contribution is 6.82. The summed E-state index contributed by atoms with van der Waals surface area (Å²) in [6.45, 7) is 11.4. The summed E-state index contributed by atoms with van der Waals surface area (Å²) in [5, 5.41) is 0. The predicted molar refractivity (Wildman–Crippen MR) is 58.0 cm³/mol. The minimum Gasteiger partial charge on any atom is -0.306 e. The van der Waals surface area contributed by atoms with E-state index in [9.17, 15) is 0 Å². The third-order valence-electron chi connectivity index (χ3n) is 2.63. The van der Waals surface area contributed by atoms with Crippen LogP contribution >= 0.6 is 0 Å². The number of likely N-dealkylation sites (tertiary alicyclic amines) is 1. The number of rotatable bonds is 3. The summed E-state index contributed by atoms with van der Waals surface area (Å²) >= 11 is 0. The number of nitrogens with zero attached hydrogens (tertiary/aromatic N) is 1. The van der Waals surface area contributed by atoms with Crippen molar-refractivity contribution in [3.05, 3.63) is 12.3 Å². The third-order valence-corrected chi connectivity index (χ3v) is 5.00. The van der Waals surface area contributed by atoms with Crippen molar-refractivity contribution in [1.29, 1.82) is 0 Å². The molecule has 0 bridgehead atoms. The Hall–Kier alpha value is -0.0831. The third kappa shape index (κ3) is 3.11. The second-order valence-electron chi connectivity index (χ2n) is 4.53. The van der Waals surface area contributed by atoms with Gasteiger partial charge < -0.3 is 4.90 Å². The zero-order valence-corrected chi connectivity index (χ0v) is 9.47. The molecular formula is C10H21NSi. The van der Waals surface area contributed by atoms with Crippen LogP contribution < -0.4 is 0 Å². The van der Waals surface area contributed by atoms with Crippen molar-refractivity contribution >= 4 is 8.07 Å². The van der Waals surface area contributed by atoms with Gasteiger partial charge in [-0.3, -0.25) is 0 Å². The highest BCUT2D eigenvalue weighted by Crippen LogP contribution is 2.12. The Morgan fingerprint density at radius 2 is 1.83 bits per heavy atom. The van der Waals surface area contributed by atoms with Crippen molar-refractivity contribution in [2.45, 2.75) is 32.4 Å². The molecule has 0 aromatic rings. The molecule has 70 valence electrons. The SMILES string of the molecule is C=C[Si](C)(C)CN1CCCCC1. The van der Waals surface area contributed by atoms with Crippen LogP contribution in [-0.2, 0) is 0 Å². The Balaban J connectivity index is 2.33. The van der Waals surface area contributed by atoms with Crippen LogP contribution in [0.5, 0.6) is 0 Å². The van der Waals surface area contributed by atoms with Crippen molar-refractivity contribution < 1.29 is 0 Å². The second kappa shape index (κ2) is 4.24. The first kappa shape index (κ1) is 10.0. The molecule has 0 spiro atoms. The highest BCUT2D eigenvalue weighted by Gasteiger charge is 2.21. The van der Waals surface area contributed by atoms with Crippen LogP contribution in [-0.4, -0.2) is 32.2 Å². The van der Waals surface area contributed by atoms with Crippen molar-refractivity contribution in [2.24, 2.45) is 0 Å². The molecule has 0 amide bonds. The molecule has 1 nitrogen and oxygen atoms in total. The van der Waals surface area contributed by atoms with Crippen molar-refractivity contribution in [3.8, 4) is 0 Å². The molecule has 0 aromatic heterocycles. The van der Waals surface area contributed by atoms with Crippen LogP contribution in [0.4, 0.5) is 0 Å². The van der Waals surface area contributed by atoms with E-state index in [4.69, 9.17) is 0 Å². The summed E-state index contributed by atoms with van der Waals surface area (Å²) < 4.78 is 0. The van der Waals surface area contributed by atoms with Gasteiger partial charge in [0, 0.05) is 0 Å². The zero-order chi connectivity index (χ0) is 9.03. The first-order chi connectivity index (χ1) is 5.64. The van der Waals surface area contributed by atoms with Crippen LogP contribution in [0.2, 0.25) is 13.1 Å². The number of hydrogen-bond donors (Lipinski definition) is 0. The standard InChI is InChI=1S/C10H21NSi/c1-4-12(2,3)10-11-8-6-5-7-9-11/h4H,1,5-10H2,2-3H3. The first-order valence-corrected chi connectivity index (χ1v) is 8.28. The van der Waals surface area contributed by atoms with E-state index in [1.165, 1.54) is 38.5 Å². The molecule has 0 atom stereocenters. The Bertz CT molecular complexity index is 148. The van der Waals surface area contributed by atoms with Gasteiger partial charge in [0.1, 0.15) is 0 Å². The van der Waals surface area contributed by atoms with Gasteiger partial charge in [0.05, 0.1) is 8.07 Å². The van der Waals surface area contributed by atoms with Crippen molar-refractivity contribution in [1.82, 2.24) is 4.90 Å². The largest absolute Gasteiger partial charge is 0.306 e. The van der Waals surface area contributed by atoms with Crippen LogP contribution in [0, 0.1) is 0 Å². The fraction of sp³-hybridized carbons (Fsp3) is 0.800. The van der Waals surface area contributed by atoms with E-state index in [1.54, 1.807) is 0 Å². The van der Waals surface area contributed by atoms with Crippen molar-refractivity contribution in [3.63, 3.8) is 0 Å². The summed E-state index contributed by atoms with van der Waals surface area (Å²) in [4.78, 5) is 2.62. The minimum absolute atomic E-state index is 1.07. The zero-order valence-electron chi connectivity index (χ0n) is 8.47. The van der Waals surface area contributed by atoms with E-state index >= 15 is 0 Å². The van der Waals surface area contributed by atoms with E-state index in [2.05, 4.69) is 30.3 Å². The lowest BCUT2D eigenvalue weighted by molar-refractivity contribution is 0.259. The number of piperidine rings is 1. The molecule has 0 aliphatic carbocycles. The smallest absolute Gasteiger partial charge is 0.0854 e. The molecule has 1 heterocycles. The lowest BCUT2D eigenvalue weighted by Gasteiger charge is -2.31. The molecule has 1 saturated heterocycles. The van der Waals surface area contributed by atoms with Gasteiger partial charge in [-0.05, 0) is 32.1 Å². The van der Waals surface area contributed by atoms with Gasteiger partial charge in [-0.2, -0.15) is 0 Å². The van der Waals surface area contributed by atoms with Gasteiger partial charge in [0.25, 0.3) is 0 Å². The van der Waals surface area contributed by atoms with Crippen LogP contribution in [0.25, 0.3) is 0 Å². The fourth-order valence-corrected chi connectivity index (χ4v) is 3.36. The normalized spacial score (nSPS) is 20.8. The van der Waals surface area contributed by atoms with Crippen molar-refractivity contribution in [2.75, 3.05) is 19.3 Å². The minimum atomic E-state index is -1.07. The fourth-order valence-electron chi connectivity index (χ4n) is 1.76. The molecule has 12 heavy (non-hydrogen) atoms. The maximum Gasteiger partial charge on any atom is 0.0854 e. The van der Waals surface area contributed by atoms with E-state index in [0.29, 0.717) is 0 Å². The highest BCUT2D eigenvalue weighted by atomic mass is 28.3. The Morgan fingerprint density at radius 3 is 2.33 bits per heavy atom. The summed E-state index contributed by atoms with van der Waals surface area (Å²) in [6.07, 6.45) is 5.56. The molecular weight excluding hydrogens is 162 g/mol. The summed E-state index contributed by atoms with van der Waals surface area (Å²) in [5.41, 5.74) is 2.21. The van der Waals surface area contributed by atoms with Crippen LogP contribution in [0.15, 0.2) is 12.3 Å². The van der Waals surface area contributed by atoms with Gasteiger partial charge >= 0.3 is 0 Å². The van der Waals surface area contributed by atoms with Gasteiger partial charge in [-0.25, -0.2) is 0 Å². The maximum absolute atomic E-state index is 3.93. The Morgan fingerprint density at radius 1 is 1.25 bits per heavy atom. The molecule has 0 radical (unpaired) electrons. The molecule has 1 rings (SSSR count). The van der Waals surface area contributed by atoms with E-state index in [-0.39, 0.29) is 0 Å². The molecule has 1 fully saturated rings. The molecule has 0 aromatic carbocycles. The summed E-state index contributed by atoms with van der Waals surface area (Å²) in [7, 11) is -1.07. The summed E-state index contributed by atoms with van der Waals surface area (Å²) in [5.74, 6) is 0. The molecule has 1 aliphatic heterocycles. The molecule has 0 unspecified atom stereocenters. The van der Waals surface area contributed by atoms with Gasteiger partial charge in [0.2, 0.25) is 0 Å². The van der Waals surface area contributed by atoms with Crippen LogP contribution in [0.1, 0.15) is 19.3 Å². The molecule has 1 aliphatic rings. The van der Waals surface area contributed by atoms with Gasteiger partial charge in [-0.1, -0.05) is 19.5 Å². The van der Waals surface area contributed by atoms with Gasteiger partial charge in [0.15, 0.2) is 0 Å². The average molecular weight is 183 g/mol. The van der Waals surface area contributed by atoms with E-state index < -0.39 is 8.07 Å². The Labute approximate surface area is 77.5 Å². The van der Waals surface area contributed by atoms with Crippen LogP contribution in [0.3, 0.4) is 0 Å². The summed E-state index contributed by atoms with van der Waals surface area (Å²) in [6, 6.07) is 0. The van der Waals surface area contributed by atoms with E-state index in [0.717, 1.165) is 0 Å². The molecule has 0 N–H and O–H groups in total.